The van der Waals surface area contributed by atoms with Crippen molar-refractivity contribution in [2.75, 3.05) is 24.5 Å². The molecule has 0 saturated carbocycles. The van der Waals surface area contributed by atoms with Crippen molar-refractivity contribution in [2.45, 2.75) is 38.0 Å². The van der Waals surface area contributed by atoms with Gasteiger partial charge >= 0.3 is 6.18 Å². The Morgan fingerprint density at radius 3 is 2.86 bits per heavy atom. The molecule has 3 aromatic heterocycles. The molecule has 3 aromatic rings. The highest BCUT2D eigenvalue weighted by molar-refractivity contribution is 7.18. The number of imidazole rings is 1. The van der Waals surface area contributed by atoms with E-state index in [4.69, 9.17) is 0 Å². The number of thiophene rings is 1. The summed E-state index contributed by atoms with van der Waals surface area (Å²) < 4.78 is 38.4. The van der Waals surface area contributed by atoms with E-state index < -0.39 is 12.6 Å². The summed E-state index contributed by atoms with van der Waals surface area (Å²) in [6, 6.07) is 2.13. The maximum absolute atomic E-state index is 12.8. The standard InChI is InChI=1S/C19H21F3N6S/c20-19(21,22)8-13-7-14-17(25-11-26-18(14)29-13)28-6-2-15-12(9-28)1-5-27(15)10-16-23-3-4-24-16/h3-4,7,11-12,15H,1-2,5-6,8-10H2,(H,23,24). The van der Waals surface area contributed by atoms with Gasteiger partial charge in [0.05, 0.1) is 18.4 Å². The van der Waals surface area contributed by atoms with Gasteiger partial charge in [-0.2, -0.15) is 13.2 Å². The van der Waals surface area contributed by atoms with Crippen LogP contribution < -0.4 is 4.90 Å². The smallest absolute Gasteiger partial charge is 0.356 e. The number of piperidine rings is 1. The Hall–Kier alpha value is -2.20. The van der Waals surface area contributed by atoms with Crippen molar-refractivity contribution >= 4 is 27.4 Å². The van der Waals surface area contributed by atoms with Gasteiger partial charge < -0.3 is 9.88 Å². The molecule has 1 N–H and O–H groups in total. The molecule has 2 unspecified atom stereocenters. The third kappa shape index (κ3) is 3.83. The Morgan fingerprint density at radius 2 is 2.07 bits per heavy atom. The first-order valence-electron chi connectivity index (χ1n) is 9.74. The quantitative estimate of drug-likeness (QED) is 0.696. The number of H-pyrrole nitrogens is 1. The third-order valence-electron chi connectivity index (χ3n) is 5.89. The number of hydrogen-bond donors (Lipinski definition) is 1. The van der Waals surface area contributed by atoms with Crippen LogP contribution >= 0.6 is 11.3 Å². The number of anilines is 1. The Balaban J connectivity index is 1.33. The monoisotopic (exact) mass is 422 g/mol. The zero-order valence-corrected chi connectivity index (χ0v) is 16.5. The van der Waals surface area contributed by atoms with Crippen LogP contribution in [0, 0.1) is 5.92 Å². The minimum absolute atomic E-state index is 0.287. The molecule has 154 valence electrons. The van der Waals surface area contributed by atoms with Crippen LogP contribution in [0.4, 0.5) is 19.0 Å². The van der Waals surface area contributed by atoms with E-state index in [1.807, 2.05) is 6.20 Å². The highest BCUT2D eigenvalue weighted by atomic mass is 32.1. The SMILES string of the molecule is FC(F)(F)Cc1cc2c(N3CCC4C(CCN4Cc4ncc[nH]4)C3)ncnc2s1. The maximum Gasteiger partial charge on any atom is 0.393 e. The van der Waals surface area contributed by atoms with E-state index in [1.54, 1.807) is 12.3 Å². The summed E-state index contributed by atoms with van der Waals surface area (Å²) in [5.74, 6) is 2.28. The van der Waals surface area contributed by atoms with Crippen LogP contribution in [-0.2, 0) is 13.0 Å². The van der Waals surface area contributed by atoms with E-state index in [0.717, 1.165) is 67.4 Å². The molecule has 2 saturated heterocycles. The minimum atomic E-state index is -4.21. The third-order valence-corrected chi connectivity index (χ3v) is 6.93. The molecular formula is C19H21F3N6S. The summed E-state index contributed by atoms with van der Waals surface area (Å²) in [5, 5.41) is 0.737. The number of nitrogens with zero attached hydrogens (tertiary/aromatic N) is 5. The first kappa shape index (κ1) is 18.8. The van der Waals surface area contributed by atoms with Crippen LogP contribution in [0.5, 0.6) is 0 Å². The molecule has 2 atom stereocenters. The van der Waals surface area contributed by atoms with Gasteiger partial charge in [0.25, 0.3) is 0 Å². The van der Waals surface area contributed by atoms with Gasteiger partial charge in [-0.15, -0.1) is 11.3 Å². The summed E-state index contributed by atoms with van der Waals surface area (Å²) in [7, 11) is 0. The molecule has 0 radical (unpaired) electrons. The molecule has 29 heavy (non-hydrogen) atoms. The largest absolute Gasteiger partial charge is 0.393 e. The zero-order chi connectivity index (χ0) is 20.0. The molecule has 0 bridgehead atoms. The van der Waals surface area contributed by atoms with Crippen molar-refractivity contribution < 1.29 is 13.2 Å². The van der Waals surface area contributed by atoms with Gasteiger partial charge in [0.1, 0.15) is 22.8 Å². The van der Waals surface area contributed by atoms with Crippen molar-refractivity contribution in [1.82, 2.24) is 24.8 Å². The van der Waals surface area contributed by atoms with Crippen molar-refractivity contribution in [3.8, 4) is 0 Å². The number of aromatic amines is 1. The molecule has 5 rings (SSSR count). The molecule has 2 aliphatic rings. The van der Waals surface area contributed by atoms with Gasteiger partial charge in [-0.3, -0.25) is 4.90 Å². The van der Waals surface area contributed by atoms with E-state index in [1.165, 1.54) is 6.33 Å². The van der Waals surface area contributed by atoms with E-state index in [9.17, 15) is 13.2 Å². The van der Waals surface area contributed by atoms with Gasteiger partial charge in [0.2, 0.25) is 0 Å². The van der Waals surface area contributed by atoms with Crippen LogP contribution in [0.1, 0.15) is 23.5 Å². The van der Waals surface area contributed by atoms with E-state index in [-0.39, 0.29) is 4.88 Å². The summed E-state index contributed by atoms with van der Waals surface area (Å²) in [5.41, 5.74) is 0. The lowest BCUT2D eigenvalue weighted by atomic mass is 9.92. The van der Waals surface area contributed by atoms with E-state index in [2.05, 4.69) is 29.7 Å². The molecule has 0 amide bonds. The van der Waals surface area contributed by atoms with Crippen molar-refractivity contribution in [1.29, 1.82) is 0 Å². The molecule has 10 heteroatoms. The lowest BCUT2D eigenvalue weighted by Gasteiger charge is -2.38. The summed E-state index contributed by atoms with van der Waals surface area (Å²) in [4.78, 5) is 21.8. The second-order valence-corrected chi connectivity index (χ2v) is 8.89. The second kappa shape index (κ2) is 7.24. The number of aromatic nitrogens is 4. The number of fused-ring (bicyclic) bond motifs is 2. The van der Waals surface area contributed by atoms with Gasteiger partial charge in [0, 0.05) is 36.4 Å². The summed E-state index contributed by atoms with van der Waals surface area (Å²) in [6.45, 7) is 3.58. The lowest BCUT2D eigenvalue weighted by Crippen LogP contribution is -2.46. The Labute approximate surface area is 169 Å². The first-order valence-corrected chi connectivity index (χ1v) is 10.6. The lowest BCUT2D eigenvalue weighted by molar-refractivity contribution is -0.126. The van der Waals surface area contributed by atoms with Crippen LogP contribution in [0.3, 0.4) is 0 Å². The summed E-state index contributed by atoms with van der Waals surface area (Å²) in [6.07, 6.45) is 2.08. The fourth-order valence-electron chi connectivity index (χ4n) is 4.68. The van der Waals surface area contributed by atoms with Gasteiger partial charge in [-0.05, 0) is 31.4 Å². The van der Waals surface area contributed by atoms with Crippen LogP contribution in [0.2, 0.25) is 0 Å². The fourth-order valence-corrected chi connectivity index (χ4v) is 5.70. The normalized spacial score (nSPS) is 23.1. The second-order valence-electron chi connectivity index (χ2n) is 7.78. The van der Waals surface area contributed by atoms with Gasteiger partial charge in [-0.1, -0.05) is 0 Å². The van der Waals surface area contributed by atoms with Crippen molar-refractivity contribution in [3.05, 3.63) is 35.5 Å². The molecule has 2 aliphatic heterocycles. The highest BCUT2D eigenvalue weighted by Gasteiger charge is 2.39. The molecule has 0 aromatic carbocycles. The summed E-state index contributed by atoms with van der Waals surface area (Å²) >= 11 is 1.11. The molecule has 0 aliphatic carbocycles. The number of alkyl halides is 3. The Bertz CT molecular complexity index is 986. The van der Waals surface area contributed by atoms with Gasteiger partial charge in [0.15, 0.2) is 0 Å². The minimum Gasteiger partial charge on any atom is -0.356 e. The average molecular weight is 422 g/mol. The van der Waals surface area contributed by atoms with E-state index in [0.29, 0.717) is 16.8 Å². The highest BCUT2D eigenvalue weighted by Crippen LogP contribution is 2.38. The molecular weight excluding hydrogens is 401 g/mol. The Kier molecular flexibility index (Phi) is 4.70. The van der Waals surface area contributed by atoms with Crippen LogP contribution in [0.25, 0.3) is 10.2 Å². The maximum atomic E-state index is 12.8. The molecule has 2 fully saturated rings. The number of rotatable bonds is 4. The Morgan fingerprint density at radius 1 is 1.17 bits per heavy atom. The fraction of sp³-hybridized carbons (Fsp3) is 0.526. The van der Waals surface area contributed by atoms with E-state index >= 15 is 0 Å². The number of halogens is 3. The van der Waals surface area contributed by atoms with Crippen molar-refractivity contribution in [3.63, 3.8) is 0 Å². The predicted octanol–water partition coefficient (Wildman–Crippen LogP) is 3.62. The predicted molar refractivity (Wildman–Crippen MR) is 105 cm³/mol. The van der Waals surface area contributed by atoms with Crippen LogP contribution in [0.15, 0.2) is 24.8 Å². The average Bonchev–Trinajstić information content (AvgIpc) is 3.40. The molecule has 5 heterocycles. The van der Waals surface area contributed by atoms with Gasteiger partial charge in [-0.25, -0.2) is 15.0 Å². The zero-order valence-electron chi connectivity index (χ0n) is 15.7. The van der Waals surface area contributed by atoms with Crippen LogP contribution in [-0.4, -0.2) is 56.7 Å². The number of nitrogens with one attached hydrogen (secondary N) is 1. The number of likely N-dealkylation sites (tertiary alicyclic amines) is 1. The van der Waals surface area contributed by atoms with Crippen molar-refractivity contribution in [2.24, 2.45) is 5.92 Å². The topological polar surface area (TPSA) is 60.9 Å². The first-order chi connectivity index (χ1) is 14.0. The number of hydrogen-bond acceptors (Lipinski definition) is 6. The molecule has 0 spiro atoms. The molecule has 6 nitrogen and oxygen atoms in total.